The number of aliphatic hydroxyl groups is 2. The summed E-state index contributed by atoms with van der Waals surface area (Å²) in [5.74, 6) is 0. The van der Waals surface area contributed by atoms with Crippen molar-refractivity contribution >= 4 is 61.1 Å². The van der Waals surface area contributed by atoms with Crippen LogP contribution in [-0.4, -0.2) is 54.7 Å². The predicted molar refractivity (Wildman–Crippen MR) is 133 cm³/mol. The van der Waals surface area contributed by atoms with Gasteiger partial charge in [-0.2, -0.15) is 0 Å². The van der Waals surface area contributed by atoms with E-state index in [1.807, 2.05) is 35.0 Å². The highest BCUT2D eigenvalue weighted by atomic mass is 79.9. The van der Waals surface area contributed by atoms with Crippen molar-refractivity contribution in [1.29, 1.82) is 0 Å². The number of fused-ring (bicyclic) bond motifs is 2. The van der Waals surface area contributed by atoms with Crippen molar-refractivity contribution in [2.24, 2.45) is 5.41 Å². The lowest BCUT2D eigenvalue weighted by molar-refractivity contribution is -0.0308. The Kier molecular flexibility index (Phi) is 5.59. The maximum absolute atomic E-state index is 11.1. The maximum atomic E-state index is 11.1. The maximum Gasteiger partial charge on any atom is 0.145 e. The highest BCUT2D eigenvalue weighted by Gasteiger charge is 2.57. The second-order valence-corrected chi connectivity index (χ2v) is 10.9. The molecule has 7 nitrogen and oxygen atoms in total. The predicted octanol–water partition coefficient (Wildman–Crippen LogP) is 4.73. The molecule has 2 aliphatic rings. The number of nitrogens with zero attached hydrogens (tertiary/aromatic N) is 4. The summed E-state index contributed by atoms with van der Waals surface area (Å²) in [6, 6.07) is 9.59. The number of hydrogen-bond donors (Lipinski definition) is 2. The number of benzene rings is 1. The van der Waals surface area contributed by atoms with Crippen LogP contribution in [0.3, 0.4) is 0 Å². The lowest BCUT2D eigenvalue weighted by atomic mass is 9.80. The molecule has 5 unspecified atom stereocenters. The van der Waals surface area contributed by atoms with Crippen molar-refractivity contribution in [2.45, 2.75) is 43.6 Å². The van der Waals surface area contributed by atoms with E-state index < -0.39 is 17.6 Å². The van der Waals surface area contributed by atoms with E-state index in [0.717, 1.165) is 26.3 Å². The molecular weight excluding hydrogens is 543 g/mol. The molecule has 1 aliphatic heterocycles. The van der Waals surface area contributed by atoms with Crippen LogP contribution in [0.2, 0.25) is 10.3 Å². The van der Waals surface area contributed by atoms with Gasteiger partial charge in [0, 0.05) is 17.0 Å². The molecule has 1 spiro atoms. The van der Waals surface area contributed by atoms with Gasteiger partial charge in [-0.25, -0.2) is 15.0 Å². The van der Waals surface area contributed by atoms with Crippen molar-refractivity contribution < 1.29 is 14.9 Å². The molecular formula is C24H21BrCl2N4O3. The molecule has 1 aromatic carbocycles. The molecule has 1 aliphatic carbocycles. The highest BCUT2D eigenvalue weighted by molar-refractivity contribution is 9.10. The van der Waals surface area contributed by atoms with E-state index in [-0.39, 0.29) is 12.1 Å². The van der Waals surface area contributed by atoms with Crippen LogP contribution in [0.15, 0.2) is 47.3 Å². The Morgan fingerprint density at radius 3 is 2.82 bits per heavy atom. The molecule has 3 aromatic heterocycles. The largest absolute Gasteiger partial charge is 0.390 e. The van der Waals surface area contributed by atoms with Crippen LogP contribution in [0.25, 0.3) is 21.9 Å². The van der Waals surface area contributed by atoms with E-state index in [4.69, 9.17) is 27.9 Å². The van der Waals surface area contributed by atoms with E-state index in [2.05, 4.69) is 36.9 Å². The van der Waals surface area contributed by atoms with Crippen LogP contribution in [0.5, 0.6) is 0 Å². The van der Waals surface area contributed by atoms with Crippen LogP contribution in [0.1, 0.15) is 24.4 Å². The van der Waals surface area contributed by atoms with Crippen LogP contribution < -0.4 is 0 Å². The van der Waals surface area contributed by atoms with Gasteiger partial charge in [0.1, 0.15) is 28.4 Å². The zero-order valence-corrected chi connectivity index (χ0v) is 21.0. The Balaban J connectivity index is 1.23. The van der Waals surface area contributed by atoms with Crippen molar-refractivity contribution in [2.75, 3.05) is 6.61 Å². The normalized spacial score (nSPS) is 29.1. The standard InChI is InChI=1S/C24H21BrCl2N4O3/c25-16-7-13-2-1-12(6-17(13)30-22(16)27)5-14-8-24(10-34-14)9-18(19(32)20(24)33)31-4-3-15-21(26)28-11-29-23(15)31/h1-4,6-7,11,14,18-20,32-33H,5,8-10H2. The molecule has 6 rings (SSSR count). The fraction of sp³-hybridized carbons (Fsp3) is 0.375. The van der Waals surface area contributed by atoms with Crippen LogP contribution >= 0.6 is 39.1 Å². The molecule has 5 atom stereocenters. The smallest absolute Gasteiger partial charge is 0.145 e. The third kappa shape index (κ3) is 3.63. The molecule has 0 bridgehead atoms. The van der Waals surface area contributed by atoms with Gasteiger partial charge in [-0.05, 0) is 59.0 Å². The molecule has 2 N–H and O–H groups in total. The Morgan fingerprint density at radius 2 is 1.97 bits per heavy atom. The molecule has 34 heavy (non-hydrogen) atoms. The lowest BCUT2D eigenvalue weighted by Gasteiger charge is -2.26. The molecule has 176 valence electrons. The SMILES string of the molecule is OC1C(n2ccc3c(Cl)ncnc32)CC2(COC(Cc3ccc4cc(Br)c(Cl)nc4c3)C2)C1O. The monoisotopic (exact) mass is 562 g/mol. The molecule has 0 radical (unpaired) electrons. The van der Waals surface area contributed by atoms with Gasteiger partial charge in [-0.3, -0.25) is 0 Å². The lowest BCUT2D eigenvalue weighted by Crippen LogP contribution is -2.37. The van der Waals surface area contributed by atoms with E-state index >= 15 is 0 Å². The summed E-state index contributed by atoms with van der Waals surface area (Å²) in [5, 5.41) is 24.6. The van der Waals surface area contributed by atoms with Gasteiger partial charge in [0.25, 0.3) is 0 Å². The zero-order chi connectivity index (χ0) is 23.6. The van der Waals surface area contributed by atoms with E-state index in [1.165, 1.54) is 6.33 Å². The second-order valence-electron chi connectivity index (χ2n) is 9.32. The average molecular weight is 564 g/mol. The summed E-state index contributed by atoms with van der Waals surface area (Å²) in [5.41, 5.74) is 2.05. The number of pyridine rings is 1. The fourth-order valence-corrected chi connectivity index (χ4v) is 6.26. The first-order chi connectivity index (χ1) is 16.3. The van der Waals surface area contributed by atoms with E-state index in [0.29, 0.717) is 41.8 Å². The van der Waals surface area contributed by atoms with Gasteiger partial charge in [0.15, 0.2) is 0 Å². The zero-order valence-electron chi connectivity index (χ0n) is 17.9. The molecule has 1 saturated heterocycles. The minimum Gasteiger partial charge on any atom is -0.390 e. The van der Waals surface area contributed by atoms with Gasteiger partial charge in [-0.1, -0.05) is 35.3 Å². The number of aromatic nitrogens is 4. The third-order valence-electron chi connectivity index (χ3n) is 7.28. The van der Waals surface area contributed by atoms with Gasteiger partial charge in [-0.15, -0.1) is 0 Å². The topological polar surface area (TPSA) is 93.3 Å². The third-order valence-corrected chi connectivity index (χ3v) is 8.70. The molecule has 10 heteroatoms. The van der Waals surface area contributed by atoms with Crippen LogP contribution in [0.4, 0.5) is 0 Å². The van der Waals surface area contributed by atoms with Crippen LogP contribution in [0, 0.1) is 5.41 Å². The molecule has 4 aromatic rings. The summed E-state index contributed by atoms with van der Waals surface area (Å²) in [6.07, 6.45) is 3.29. The number of halogens is 3. The molecule has 0 amide bonds. The summed E-state index contributed by atoms with van der Waals surface area (Å²) < 4.78 is 8.82. The second kappa shape index (κ2) is 8.40. The molecule has 1 saturated carbocycles. The van der Waals surface area contributed by atoms with E-state index in [1.54, 1.807) is 0 Å². The van der Waals surface area contributed by atoms with Gasteiger partial charge >= 0.3 is 0 Å². The van der Waals surface area contributed by atoms with Gasteiger partial charge < -0.3 is 19.5 Å². The minimum absolute atomic E-state index is 0.0675. The Bertz CT molecular complexity index is 1420. The Labute approximate surface area is 213 Å². The number of ether oxygens (including phenoxy) is 1. The summed E-state index contributed by atoms with van der Waals surface area (Å²) in [7, 11) is 0. The Hall–Kier alpha value is -1.81. The Morgan fingerprint density at radius 1 is 1.12 bits per heavy atom. The molecule has 4 heterocycles. The minimum atomic E-state index is -0.933. The van der Waals surface area contributed by atoms with Crippen LogP contribution in [-0.2, 0) is 11.2 Å². The number of hydrogen-bond acceptors (Lipinski definition) is 6. The first kappa shape index (κ1) is 22.6. The summed E-state index contributed by atoms with van der Waals surface area (Å²) in [4.78, 5) is 12.8. The van der Waals surface area contributed by atoms with Gasteiger partial charge in [0.05, 0.1) is 40.2 Å². The van der Waals surface area contributed by atoms with E-state index in [9.17, 15) is 10.2 Å². The summed E-state index contributed by atoms with van der Waals surface area (Å²) >= 11 is 15.8. The summed E-state index contributed by atoms with van der Waals surface area (Å²) in [6.45, 7) is 0.395. The van der Waals surface area contributed by atoms with Crippen molar-refractivity contribution in [3.63, 3.8) is 0 Å². The highest BCUT2D eigenvalue weighted by Crippen LogP contribution is 2.52. The van der Waals surface area contributed by atoms with Crippen molar-refractivity contribution in [3.8, 4) is 0 Å². The van der Waals surface area contributed by atoms with Crippen molar-refractivity contribution in [3.05, 3.63) is 63.2 Å². The number of rotatable bonds is 3. The number of aliphatic hydroxyl groups excluding tert-OH is 2. The fourth-order valence-electron chi connectivity index (χ4n) is 5.59. The van der Waals surface area contributed by atoms with Crippen molar-refractivity contribution in [1.82, 2.24) is 19.5 Å². The first-order valence-electron chi connectivity index (χ1n) is 11.0. The quantitative estimate of drug-likeness (QED) is 0.276. The molecule has 2 fully saturated rings. The van der Waals surface area contributed by atoms with Gasteiger partial charge in [0.2, 0.25) is 0 Å². The first-order valence-corrected chi connectivity index (χ1v) is 12.6. The average Bonchev–Trinajstić information content (AvgIpc) is 3.49.